The van der Waals surface area contributed by atoms with Crippen molar-refractivity contribution in [1.82, 2.24) is 4.31 Å². The van der Waals surface area contributed by atoms with Crippen LogP contribution in [0.5, 0.6) is 0 Å². The number of rotatable bonds is 2. The van der Waals surface area contributed by atoms with Crippen molar-refractivity contribution >= 4 is 27.5 Å². The minimum Gasteiger partial charge on any atom is -0.398 e. The van der Waals surface area contributed by atoms with E-state index in [0.29, 0.717) is 18.8 Å². The molecule has 4 nitrogen and oxygen atoms in total. The third kappa shape index (κ3) is 2.88. The summed E-state index contributed by atoms with van der Waals surface area (Å²) in [7, 11) is -3.87. The molecule has 1 aliphatic heterocycles. The van der Waals surface area contributed by atoms with Crippen molar-refractivity contribution in [2.75, 3.05) is 24.6 Å². The van der Waals surface area contributed by atoms with Crippen LogP contribution in [0.15, 0.2) is 23.1 Å². The molecule has 0 aromatic heterocycles. The summed E-state index contributed by atoms with van der Waals surface area (Å²) < 4.78 is 40.0. The Morgan fingerprint density at radius 2 is 2.11 bits per heavy atom. The third-order valence-electron chi connectivity index (χ3n) is 2.99. The molecule has 19 heavy (non-hydrogen) atoms. The number of anilines is 1. The lowest BCUT2D eigenvalue weighted by molar-refractivity contribution is 0.385. The first-order valence-electron chi connectivity index (χ1n) is 5.92. The summed E-state index contributed by atoms with van der Waals surface area (Å²) in [5, 5.41) is 0. The Kier molecular flexibility index (Phi) is 3.81. The second kappa shape index (κ2) is 4.96. The van der Waals surface area contributed by atoms with Crippen molar-refractivity contribution in [3.8, 4) is 0 Å². The van der Waals surface area contributed by atoms with E-state index in [1.54, 1.807) is 11.8 Å². The van der Waals surface area contributed by atoms with Crippen LogP contribution in [-0.4, -0.2) is 36.3 Å². The van der Waals surface area contributed by atoms with Gasteiger partial charge in [0.15, 0.2) is 0 Å². The lowest BCUT2D eigenvalue weighted by atomic mass is 10.2. The molecule has 1 heterocycles. The Morgan fingerprint density at radius 3 is 2.68 bits per heavy atom. The molecule has 2 rings (SSSR count). The van der Waals surface area contributed by atoms with Crippen molar-refractivity contribution in [3.05, 3.63) is 24.0 Å². The molecule has 0 aliphatic carbocycles. The number of sulfonamides is 1. The summed E-state index contributed by atoms with van der Waals surface area (Å²) in [5.74, 6) is -0.100. The van der Waals surface area contributed by atoms with Gasteiger partial charge >= 0.3 is 0 Å². The van der Waals surface area contributed by atoms with Gasteiger partial charge in [0.05, 0.1) is 5.69 Å². The van der Waals surface area contributed by atoms with E-state index in [1.165, 1.54) is 16.4 Å². The van der Waals surface area contributed by atoms with Crippen LogP contribution in [0.3, 0.4) is 0 Å². The molecule has 1 aromatic rings. The van der Waals surface area contributed by atoms with Crippen molar-refractivity contribution in [2.45, 2.75) is 23.5 Å². The molecule has 0 radical (unpaired) electrons. The second-order valence-electron chi connectivity index (χ2n) is 5.10. The normalized spacial score (nSPS) is 20.4. The molecule has 0 unspecified atom stereocenters. The van der Waals surface area contributed by atoms with Gasteiger partial charge in [0.25, 0.3) is 0 Å². The van der Waals surface area contributed by atoms with Gasteiger partial charge in [-0.1, -0.05) is 6.07 Å². The van der Waals surface area contributed by atoms with Crippen LogP contribution in [0.4, 0.5) is 10.1 Å². The fraction of sp³-hybridized carbons (Fsp3) is 0.500. The highest BCUT2D eigenvalue weighted by Gasteiger charge is 2.36. The fourth-order valence-electron chi connectivity index (χ4n) is 2.11. The van der Waals surface area contributed by atoms with Crippen LogP contribution in [-0.2, 0) is 10.0 Å². The summed E-state index contributed by atoms with van der Waals surface area (Å²) in [6.45, 7) is 4.69. The zero-order chi connectivity index (χ0) is 14.3. The van der Waals surface area contributed by atoms with Gasteiger partial charge in [-0.3, -0.25) is 0 Å². The lowest BCUT2D eigenvalue weighted by Gasteiger charge is -2.36. The molecule has 7 heteroatoms. The molecule has 0 atom stereocenters. The van der Waals surface area contributed by atoms with Crippen LogP contribution in [0.25, 0.3) is 0 Å². The smallest absolute Gasteiger partial charge is 0.248 e. The SMILES string of the molecule is CC1(C)CN(S(=O)(=O)c2c(N)cccc2F)CCS1. The van der Waals surface area contributed by atoms with E-state index in [1.807, 2.05) is 13.8 Å². The number of thioether (sulfide) groups is 1. The molecule has 1 aromatic carbocycles. The maximum Gasteiger partial charge on any atom is 0.248 e. The Labute approximate surface area is 117 Å². The van der Waals surface area contributed by atoms with Crippen LogP contribution in [0.2, 0.25) is 0 Å². The van der Waals surface area contributed by atoms with E-state index < -0.39 is 20.7 Å². The van der Waals surface area contributed by atoms with E-state index in [2.05, 4.69) is 0 Å². The molecule has 1 saturated heterocycles. The van der Waals surface area contributed by atoms with Crippen LogP contribution < -0.4 is 5.73 Å². The first-order chi connectivity index (χ1) is 8.74. The second-order valence-corrected chi connectivity index (χ2v) is 8.78. The maximum absolute atomic E-state index is 13.8. The van der Waals surface area contributed by atoms with Gasteiger partial charge in [-0.2, -0.15) is 16.1 Å². The summed E-state index contributed by atoms with van der Waals surface area (Å²) in [6.07, 6.45) is 0. The quantitative estimate of drug-likeness (QED) is 0.848. The molecule has 0 spiro atoms. The van der Waals surface area contributed by atoms with Gasteiger partial charge in [-0.25, -0.2) is 12.8 Å². The average Bonchev–Trinajstić information content (AvgIpc) is 2.27. The molecule has 106 valence electrons. The molecular weight excluding hydrogens is 287 g/mol. The fourth-order valence-corrected chi connectivity index (χ4v) is 5.18. The van der Waals surface area contributed by atoms with Gasteiger partial charge in [0.2, 0.25) is 10.0 Å². The van der Waals surface area contributed by atoms with Gasteiger partial charge in [-0.15, -0.1) is 0 Å². The highest BCUT2D eigenvalue weighted by Crippen LogP contribution is 2.34. The molecule has 1 fully saturated rings. The van der Waals surface area contributed by atoms with Gasteiger partial charge < -0.3 is 5.73 Å². The number of hydrogen-bond donors (Lipinski definition) is 1. The van der Waals surface area contributed by atoms with Gasteiger partial charge in [0.1, 0.15) is 10.7 Å². The third-order valence-corrected chi connectivity index (χ3v) is 6.22. The van der Waals surface area contributed by atoms with Crippen molar-refractivity contribution in [1.29, 1.82) is 0 Å². The zero-order valence-electron chi connectivity index (χ0n) is 10.9. The largest absolute Gasteiger partial charge is 0.398 e. The number of nitrogens with two attached hydrogens (primary N) is 1. The molecule has 2 N–H and O–H groups in total. The number of hydrogen-bond acceptors (Lipinski definition) is 4. The van der Waals surface area contributed by atoms with E-state index in [4.69, 9.17) is 5.73 Å². The first-order valence-corrected chi connectivity index (χ1v) is 8.35. The summed E-state index contributed by atoms with van der Waals surface area (Å²) in [6, 6.07) is 3.92. The maximum atomic E-state index is 13.8. The van der Waals surface area contributed by atoms with Gasteiger partial charge in [-0.05, 0) is 26.0 Å². The molecule has 0 bridgehead atoms. The predicted molar refractivity (Wildman–Crippen MR) is 76.1 cm³/mol. The van der Waals surface area contributed by atoms with Crippen LogP contribution in [0.1, 0.15) is 13.8 Å². The molecule has 0 amide bonds. The Hall–Kier alpha value is -0.790. The highest BCUT2D eigenvalue weighted by molar-refractivity contribution is 8.00. The number of benzene rings is 1. The monoisotopic (exact) mass is 304 g/mol. The van der Waals surface area contributed by atoms with Crippen molar-refractivity contribution in [3.63, 3.8) is 0 Å². The average molecular weight is 304 g/mol. The highest BCUT2D eigenvalue weighted by atomic mass is 32.2. The zero-order valence-corrected chi connectivity index (χ0v) is 12.5. The topological polar surface area (TPSA) is 63.4 Å². The van der Waals surface area contributed by atoms with E-state index in [9.17, 15) is 12.8 Å². The van der Waals surface area contributed by atoms with Crippen molar-refractivity contribution < 1.29 is 12.8 Å². The van der Waals surface area contributed by atoms with Gasteiger partial charge in [0, 0.05) is 23.6 Å². The van der Waals surface area contributed by atoms with E-state index in [0.717, 1.165) is 6.07 Å². The molecule has 0 saturated carbocycles. The Morgan fingerprint density at radius 1 is 1.42 bits per heavy atom. The minimum absolute atomic E-state index is 0.0453. The van der Waals surface area contributed by atoms with Crippen LogP contribution in [0, 0.1) is 5.82 Å². The first kappa shape index (κ1) is 14.6. The summed E-state index contributed by atoms with van der Waals surface area (Å²) >= 11 is 1.71. The lowest BCUT2D eigenvalue weighted by Crippen LogP contribution is -2.46. The van der Waals surface area contributed by atoms with E-state index >= 15 is 0 Å². The number of nitrogens with zero attached hydrogens (tertiary/aromatic N) is 1. The number of nitrogen functional groups attached to an aromatic ring is 1. The Bertz CT molecular complexity index is 567. The minimum atomic E-state index is -3.87. The van der Waals surface area contributed by atoms with E-state index in [-0.39, 0.29) is 10.4 Å². The van der Waals surface area contributed by atoms with Crippen molar-refractivity contribution in [2.24, 2.45) is 0 Å². The predicted octanol–water partition coefficient (Wildman–Crippen LogP) is 1.92. The summed E-state index contributed by atoms with van der Waals surface area (Å²) in [5.41, 5.74) is 5.59. The standard InChI is InChI=1S/C12H17FN2O2S2/c1-12(2)8-15(6-7-18-12)19(16,17)11-9(13)4-3-5-10(11)14/h3-5H,6-8,14H2,1-2H3. The number of halogens is 1. The molecular formula is C12H17FN2O2S2. The Balaban J connectivity index is 2.43. The molecule has 1 aliphatic rings. The van der Waals surface area contributed by atoms with Crippen LogP contribution >= 0.6 is 11.8 Å². The summed E-state index contributed by atoms with van der Waals surface area (Å²) in [4.78, 5) is -0.405.